The summed E-state index contributed by atoms with van der Waals surface area (Å²) in [6.45, 7) is 9.57. The Balaban J connectivity index is 1.52. The molecule has 4 rings (SSSR count). The van der Waals surface area contributed by atoms with Gasteiger partial charge in [0.2, 0.25) is 0 Å². The molecular weight excluding hydrogens is 388 g/mol. The van der Waals surface area contributed by atoms with E-state index in [4.69, 9.17) is 0 Å². The highest BCUT2D eigenvalue weighted by molar-refractivity contribution is 5.13. The minimum Gasteiger partial charge on any atom is -0.396 e. The van der Waals surface area contributed by atoms with Gasteiger partial charge in [0.05, 0.1) is 18.3 Å². The molecule has 0 saturated heterocycles. The third-order valence-corrected chi connectivity index (χ3v) is 11.0. The molecule has 4 aliphatic rings. The second-order valence-electron chi connectivity index (χ2n) is 12.8. The molecule has 0 heterocycles. The first-order valence-electron chi connectivity index (χ1n) is 13.3. The Morgan fingerprint density at radius 1 is 0.839 bits per heavy atom. The molecule has 12 atom stereocenters. The zero-order valence-electron chi connectivity index (χ0n) is 20.3. The quantitative estimate of drug-likeness (QED) is 0.498. The summed E-state index contributed by atoms with van der Waals surface area (Å²) in [7, 11) is 0. The van der Waals surface area contributed by atoms with E-state index in [1.807, 2.05) is 0 Å². The van der Waals surface area contributed by atoms with Gasteiger partial charge in [0.15, 0.2) is 0 Å². The number of hydrogen-bond acceptors (Lipinski definition) is 4. The van der Waals surface area contributed by atoms with Crippen LogP contribution in [0.25, 0.3) is 0 Å². The Kier molecular flexibility index (Phi) is 6.88. The van der Waals surface area contributed by atoms with Gasteiger partial charge in [0, 0.05) is 6.61 Å². The van der Waals surface area contributed by atoms with Gasteiger partial charge in [-0.2, -0.15) is 0 Å². The summed E-state index contributed by atoms with van der Waals surface area (Å²) in [4.78, 5) is 0. The summed E-state index contributed by atoms with van der Waals surface area (Å²) < 4.78 is 0. The SMILES string of the molecule is CC(CO)CCC[C@@H](C)[C@H]1[C@H](O)C[C@H]2[C@@H]3[C@H](O)C[C@H]4C[C@@H](O)CC[C@]4(C)[C@H]3CC[C@]12C. The van der Waals surface area contributed by atoms with Crippen molar-refractivity contribution in [1.29, 1.82) is 0 Å². The van der Waals surface area contributed by atoms with Crippen LogP contribution in [-0.2, 0) is 0 Å². The van der Waals surface area contributed by atoms with Crippen LogP contribution in [0.2, 0.25) is 0 Å². The lowest BCUT2D eigenvalue weighted by Gasteiger charge is -2.62. The van der Waals surface area contributed by atoms with Gasteiger partial charge in [-0.25, -0.2) is 0 Å². The van der Waals surface area contributed by atoms with E-state index in [0.29, 0.717) is 41.4 Å². The average molecular weight is 437 g/mol. The molecule has 4 heteroatoms. The second kappa shape index (κ2) is 8.89. The molecule has 4 saturated carbocycles. The van der Waals surface area contributed by atoms with Crippen LogP contribution in [0.5, 0.6) is 0 Å². The van der Waals surface area contributed by atoms with Gasteiger partial charge < -0.3 is 20.4 Å². The summed E-state index contributed by atoms with van der Waals surface area (Å²) >= 11 is 0. The van der Waals surface area contributed by atoms with E-state index >= 15 is 0 Å². The maximum Gasteiger partial charge on any atom is 0.0579 e. The number of fused-ring (bicyclic) bond motifs is 5. The van der Waals surface area contributed by atoms with Crippen LogP contribution >= 0.6 is 0 Å². The van der Waals surface area contributed by atoms with E-state index in [2.05, 4.69) is 27.7 Å². The molecule has 0 spiro atoms. The van der Waals surface area contributed by atoms with E-state index in [1.54, 1.807) is 0 Å². The second-order valence-corrected chi connectivity index (χ2v) is 12.8. The first-order valence-corrected chi connectivity index (χ1v) is 13.3. The Morgan fingerprint density at radius 3 is 2.26 bits per heavy atom. The van der Waals surface area contributed by atoms with Gasteiger partial charge in [0.25, 0.3) is 0 Å². The van der Waals surface area contributed by atoms with Gasteiger partial charge in [-0.3, -0.25) is 0 Å². The van der Waals surface area contributed by atoms with Gasteiger partial charge in [-0.1, -0.05) is 40.5 Å². The van der Waals surface area contributed by atoms with Crippen molar-refractivity contribution in [1.82, 2.24) is 0 Å². The summed E-state index contributed by atoms with van der Waals surface area (Å²) in [5.41, 5.74) is 0.348. The first kappa shape index (κ1) is 24.0. The molecule has 4 fully saturated rings. The Bertz CT molecular complexity index is 624. The zero-order valence-corrected chi connectivity index (χ0v) is 20.3. The topological polar surface area (TPSA) is 80.9 Å². The van der Waals surface area contributed by atoms with Gasteiger partial charge in [-0.05, 0) is 104 Å². The summed E-state index contributed by atoms with van der Waals surface area (Å²) in [6, 6.07) is 0. The Hall–Kier alpha value is -0.160. The van der Waals surface area contributed by atoms with E-state index in [9.17, 15) is 20.4 Å². The first-order chi connectivity index (χ1) is 14.6. The molecule has 31 heavy (non-hydrogen) atoms. The molecule has 0 bridgehead atoms. The minimum atomic E-state index is -0.287. The maximum absolute atomic E-state index is 11.4. The molecule has 0 aromatic rings. The number of aliphatic hydroxyl groups is 4. The third-order valence-electron chi connectivity index (χ3n) is 11.0. The predicted molar refractivity (Wildman–Crippen MR) is 123 cm³/mol. The van der Waals surface area contributed by atoms with Crippen LogP contribution in [0.4, 0.5) is 0 Å². The number of rotatable bonds is 6. The van der Waals surface area contributed by atoms with Crippen molar-refractivity contribution >= 4 is 0 Å². The molecule has 0 aromatic heterocycles. The fourth-order valence-electron chi connectivity index (χ4n) is 9.34. The zero-order chi connectivity index (χ0) is 22.6. The van der Waals surface area contributed by atoms with E-state index in [0.717, 1.165) is 64.2 Å². The summed E-state index contributed by atoms with van der Waals surface area (Å²) in [5, 5.41) is 42.2. The summed E-state index contributed by atoms with van der Waals surface area (Å²) in [6.07, 6.45) is 9.39. The van der Waals surface area contributed by atoms with Crippen LogP contribution in [0, 0.1) is 52.3 Å². The molecule has 4 aliphatic carbocycles. The largest absolute Gasteiger partial charge is 0.396 e. The molecule has 0 aliphatic heterocycles. The van der Waals surface area contributed by atoms with Crippen LogP contribution in [0.1, 0.15) is 91.9 Å². The van der Waals surface area contributed by atoms with Crippen molar-refractivity contribution in [3.05, 3.63) is 0 Å². The fourth-order valence-corrected chi connectivity index (χ4v) is 9.34. The van der Waals surface area contributed by atoms with Crippen LogP contribution in [0.15, 0.2) is 0 Å². The molecule has 0 radical (unpaired) electrons. The monoisotopic (exact) mass is 436 g/mol. The van der Waals surface area contributed by atoms with Crippen molar-refractivity contribution in [2.75, 3.05) is 6.61 Å². The molecular formula is C27H48O4. The van der Waals surface area contributed by atoms with Crippen LogP contribution in [-0.4, -0.2) is 45.3 Å². The van der Waals surface area contributed by atoms with Crippen LogP contribution in [0.3, 0.4) is 0 Å². The molecule has 180 valence electrons. The lowest BCUT2D eigenvalue weighted by Crippen LogP contribution is -2.58. The standard InChI is InChI=1S/C27H48O4/c1-16(15-28)6-5-7-17(2)25-23(31)14-21-24-20(9-11-27(21,25)4)26(3)10-8-19(29)12-18(26)13-22(24)30/h16-25,28-31H,5-15H2,1-4H3/t16?,17-,18-,19+,20+,21+,22-,23-,24-,25+,26+,27+/m1/s1. The average Bonchev–Trinajstić information content (AvgIpc) is 2.99. The highest BCUT2D eigenvalue weighted by Crippen LogP contribution is 2.68. The normalized spacial score (nSPS) is 51.5. The van der Waals surface area contributed by atoms with E-state index in [-0.39, 0.29) is 35.7 Å². The van der Waals surface area contributed by atoms with Crippen molar-refractivity contribution < 1.29 is 20.4 Å². The lowest BCUT2D eigenvalue weighted by atomic mass is 9.43. The lowest BCUT2D eigenvalue weighted by molar-refractivity contribution is -0.174. The van der Waals surface area contributed by atoms with Crippen molar-refractivity contribution in [2.24, 2.45) is 52.3 Å². The number of aliphatic hydroxyl groups excluding tert-OH is 4. The predicted octanol–water partition coefficient (Wildman–Crippen LogP) is 4.38. The molecule has 1 unspecified atom stereocenters. The Morgan fingerprint density at radius 2 is 1.55 bits per heavy atom. The molecule has 0 amide bonds. The van der Waals surface area contributed by atoms with Crippen molar-refractivity contribution in [3.63, 3.8) is 0 Å². The molecule has 4 N–H and O–H groups in total. The fraction of sp³-hybridized carbons (Fsp3) is 1.00. The summed E-state index contributed by atoms with van der Waals surface area (Å²) in [5.74, 6) is 2.82. The Labute approximate surface area is 189 Å². The number of hydrogen-bond donors (Lipinski definition) is 4. The van der Waals surface area contributed by atoms with E-state index < -0.39 is 0 Å². The third kappa shape index (κ3) is 4.02. The highest BCUT2D eigenvalue weighted by Gasteiger charge is 2.64. The van der Waals surface area contributed by atoms with E-state index in [1.165, 1.54) is 0 Å². The maximum atomic E-state index is 11.4. The van der Waals surface area contributed by atoms with Crippen molar-refractivity contribution in [3.8, 4) is 0 Å². The van der Waals surface area contributed by atoms with Gasteiger partial charge in [-0.15, -0.1) is 0 Å². The van der Waals surface area contributed by atoms with Gasteiger partial charge >= 0.3 is 0 Å². The van der Waals surface area contributed by atoms with Crippen molar-refractivity contribution in [2.45, 2.75) is 110 Å². The molecule has 0 aromatic carbocycles. The highest BCUT2D eigenvalue weighted by atomic mass is 16.3. The smallest absolute Gasteiger partial charge is 0.0579 e. The minimum absolute atomic E-state index is 0.112. The van der Waals surface area contributed by atoms with Crippen LogP contribution < -0.4 is 0 Å². The molecule has 4 nitrogen and oxygen atoms in total. The van der Waals surface area contributed by atoms with Gasteiger partial charge in [0.1, 0.15) is 0 Å².